The summed E-state index contributed by atoms with van der Waals surface area (Å²) in [6.07, 6.45) is 9.07. The Bertz CT molecular complexity index is 1420. The molecule has 1 heterocycles. The highest BCUT2D eigenvalue weighted by Crippen LogP contribution is 2.26. The Morgan fingerprint density at radius 2 is 1.10 bits per heavy atom. The van der Waals surface area contributed by atoms with Crippen molar-refractivity contribution in [3.8, 4) is 28.7 Å². The van der Waals surface area contributed by atoms with Crippen LogP contribution < -0.4 is 23.7 Å². The van der Waals surface area contributed by atoms with Gasteiger partial charge in [0.1, 0.15) is 28.7 Å². The zero-order valence-electron chi connectivity index (χ0n) is 29.1. The number of hydrogen-bond donors (Lipinski definition) is 0. The van der Waals surface area contributed by atoms with Crippen molar-refractivity contribution < 1.29 is 47.5 Å². The molecule has 1 aliphatic heterocycles. The van der Waals surface area contributed by atoms with Crippen LogP contribution in [0, 0.1) is 5.41 Å². The molecule has 0 N–H and O–H groups in total. The Labute approximate surface area is 295 Å². The van der Waals surface area contributed by atoms with Crippen molar-refractivity contribution in [2.24, 2.45) is 5.41 Å². The van der Waals surface area contributed by atoms with Crippen LogP contribution in [-0.2, 0) is 19.0 Å². The second-order valence-electron chi connectivity index (χ2n) is 12.5. The maximum absolute atomic E-state index is 12.6. The van der Waals surface area contributed by atoms with Crippen molar-refractivity contribution in [3.05, 3.63) is 91.0 Å². The summed E-state index contributed by atoms with van der Waals surface area (Å²) in [6.45, 7) is 10.4. The molecule has 0 saturated carbocycles. The predicted octanol–water partition coefficient (Wildman–Crippen LogP) is 7.98. The largest absolute Gasteiger partial charge is 0.494 e. The van der Waals surface area contributed by atoms with E-state index in [0.29, 0.717) is 48.4 Å². The molecule has 4 rings (SSSR count). The topological polar surface area (TPSA) is 108 Å². The van der Waals surface area contributed by atoms with Crippen LogP contribution in [0.4, 0.5) is 0 Å². The second kappa shape index (κ2) is 21.5. The lowest BCUT2D eigenvalue weighted by molar-refractivity contribution is -0.138. The van der Waals surface area contributed by atoms with Crippen LogP contribution >= 0.6 is 0 Å². The summed E-state index contributed by atoms with van der Waals surface area (Å²) in [7, 11) is 0. The van der Waals surface area contributed by atoms with E-state index >= 15 is 0 Å². The highest BCUT2D eigenvalue weighted by molar-refractivity contribution is 5.91. The average Bonchev–Trinajstić information content (AvgIpc) is 3.12. The number of carbonyl (C=O) groups is 2. The van der Waals surface area contributed by atoms with Crippen molar-refractivity contribution in [3.63, 3.8) is 0 Å². The van der Waals surface area contributed by atoms with Gasteiger partial charge in [0.2, 0.25) is 6.79 Å². The lowest BCUT2D eigenvalue weighted by Gasteiger charge is -2.37. The highest BCUT2D eigenvalue weighted by atomic mass is 16.7. The Kier molecular flexibility index (Phi) is 16.5. The zero-order chi connectivity index (χ0) is 35.3. The number of carbonyl (C=O) groups excluding carboxylic acids is 2. The number of ether oxygens (including phenoxy) is 8. The van der Waals surface area contributed by atoms with Gasteiger partial charge >= 0.3 is 11.9 Å². The van der Waals surface area contributed by atoms with E-state index in [1.165, 1.54) is 0 Å². The Morgan fingerprint density at radius 1 is 0.640 bits per heavy atom. The van der Waals surface area contributed by atoms with Gasteiger partial charge < -0.3 is 37.9 Å². The standard InChI is InChI=1S/C40H50O10/c1-3-38(41)47-27-11-7-6-10-25-45-33-14-12-32(13-15-33)39(42)50-37-22-20-36(21-23-37)49-31-48-35-18-16-34(17-19-35)46-26-9-5-4-8-24-43-28-40(2)29-44-30-40/h3,12-23H,1,4-11,24-31H2,2H3. The number of unbranched alkanes of at least 4 members (excludes halogenated alkanes) is 6. The van der Waals surface area contributed by atoms with Gasteiger partial charge in [0.05, 0.1) is 45.2 Å². The fourth-order valence-electron chi connectivity index (χ4n) is 4.94. The molecule has 1 fully saturated rings. The second-order valence-corrected chi connectivity index (χ2v) is 12.5. The van der Waals surface area contributed by atoms with Gasteiger partial charge in [-0.05, 0) is 118 Å². The van der Waals surface area contributed by atoms with Crippen molar-refractivity contribution >= 4 is 11.9 Å². The molecule has 0 atom stereocenters. The molecule has 0 bridgehead atoms. The Morgan fingerprint density at radius 3 is 1.60 bits per heavy atom. The summed E-state index contributed by atoms with van der Waals surface area (Å²) in [5.41, 5.74) is 0.635. The van der Waals surface area contributed by atoms with Gasteiger partial charge in [-0.25, -0.2) is 9.59 Å². The van der Waals surface area contributed by atoms with E-state index in [2.05, 4.69) is 13.5 Å². The molecule has 3 aromatic carbocycles. The molecule has 0 radical (unpaired) electrons. The predicted molar refractivity (Wildman–Crippen MR) is 189 cm³/mol. The van der Waals surface area contributed by atoms with Gasteiger partial charge in [0, 0.05) is 18.1 Å². The average molecular weight is 691 g/mol. The van der Waals surface area contributed by atoms with E-state index in [9.17, 15) is 9.59 Å². The maximum atomic E-state index is 12.6. The van der Waals surface area contributed by atoms with Gasteiger partial charge in [-0.15, -0.1) is 0 Å². The van der Waals surface area contributed by atoms with Crippen LogP contribution in [0.3, 0.4) is 0 Å². The summed E-state index contributed by atoms with van der Waals surface area (Å²) in [4.78, 5) is 23.6. The zero-order valence-corrected chi connectivity index (χ0v) is 29.1. The summed E-state index contributed by atoms with van der Waals surface area (Å²) in [6, 6.07) is 21.1. The maximum Gasteiger partial charge on any atom is 0.343 e. The number of hydrogen-bond acceptors (Lipinski definition) is 10. The first-order chi connectivity index (χ1) is 24.4. The summed E-state index contributed by atoms with van der Waals surface area (Å²) in [5, 5.41) is 0. The van der Waals surface area contributed by atoms with Gasteiger partial charge in [0.25, 0.3) is 0 Å². The summed E-state index contributed by atoms with van der Waals surface area (Å²) < 4.78 is 44.5. The molecule has 0 aliphatic carbocycles. The van der Waals surface area contributed by atoms with Crippen LogP contribution in [0.15, 0.2) is 85.5 Å². The molecule has 10 nitrogen and oxygen atoms in total. The van der Waals surface area contributed by atoms with E-state index in [4.69, 9.17) is 37.9 Å². The van der Waals surface area contributed by atoms with Crippen LogP contribution in [0.2, 0.25) is 0 Å². The van der Waals surface area contributed by atoms with E-state index in [1.54, 1.807) is 48.5 Å². The van der Waals surface area contributed by atoms with Crippen LogP contribution in [0.25, 0.3) is 0 Å². The van der Waals surface area contributed by atoms with E-state index in [-0.39, 0.29) is 12.2 Å². The number of esters is 2. The van der Waals surface area contributed by atoms with Crippen LogP contribution in [-0.4, -0.2) is 65.0 Å². The van der Waals surface area contributed by atoms with Crippen molar-refractivity contribution in [2.75, 3.05) is 53.0 Å². The molecule has 0 amide bonds. The SMILES string of the molecule is C=CC(=O)OCCCCCCOc1ccc(C(=O)Oc2ccc(OCOc3ccc(OCCCCCCOCC4(C)COC4)cc3)cc2)cc1. The first kappa shape index (κ1) is 38.3. The molecule has 270 valence electrons. The third-order valence-corrected chi connectivity index (χ3v) is 7.92. The first-order valence-corrected chi connectivity index (χ1v) is 17.4. The molecule has 0 aromatic heterocycles. The van der Waals surface area contributed by atoms with Crippen molar-refractivity contribution in [2.45, 2.75) is 58.3 Å². The normalized spacial score (nSPS) is 13.1. The fourth-order valence-corrected chi connectivity index (χ4v) is 4.94. The first-order valence-electron chi connectivity index (χ1n) is 17.4. The molecule has 10 heteroatoms. The molecule has 0 unspecified atom stereocenters. The lowest BCUT2D eigenvalue weighted by Crippen LogP contribution is -2.43. The third-order valence-electron chi connectivity index (χ3n) is 7.92. The minimum absolute atomic E-state index is 0.0255. The van der Waals surface area contributed by atoms with Crippen molar-refractivity contribution in [1.29, 1.82) is 0 Å². The molecule has 1 aliphatic rings. The van der Waals surface area contributed by atoms with Gasteiger partial charge in [-0.1, -0.05) is 19.9 Å². The van der Waals surface area contributed by atoms with E-state index in [0.717, 1.165) is 89.6 Å². The van der Waals surface area contributed by atoms with Gasteiger partial charge in [0.15, 0.2) is 0 Å². The smallest absolute Gasteiger partial charge is 0.343 e. The molecule has 3 aromatic rings. The minimum atomic E-state index is -0.469. The lowest BCUT2D eigenvalue weighted by atomic mass is 9.90. The monoisotopic (exact) mass is 690 g/mol. The quantitative estimate of drug-likeness (QED) is 0.0286. The Balaban J connectivity index is 1.02. The number of rotatable bonds is 25. The summed E-state index contributed by atoms with van der Waals surface area (Å²) >= 11 is 0. The molecular weight excluding hydrogens is 640 g/mol. The van der Waals surface area contributed by atoms with Gasteiger partial charge in [-0.2, -0.15) is 0 Å². The van der Waals surface area contributed by atoms with E-state index in [1.807, 2.05) is 24.3 Å². The van der Waals surface area contributed by atoms with Gasteiger partial charge in [-0.3, -0.25) is 0 Å². The molecule has 50 heavy (non-hydrogen) atoms. The van der Waals surface area contributed by atoms with E-state index < -0.39 is 11.9 Å². The highest BCUT2D eigenvalue weighted by Gasteiger charge is 2.33. The molecule has 1 saturated heterocycles. The van der Waals surface area contributed by atoms with Crippen molar-refractivity contribution in [1.82, 2.24) is 0 Å². The molecule has 0 spiro atoms. The van der Waals surface area contributed by atoms with Crippen LogP contribution in [0.1, 0.15) is 68.6 Å². The Hall–Kier alpha value is -4.54. The minimum Gasteiger partial charge on any atom is -0.494 e. The fraction of sp³-hybridized carbons (Fsp3) is 0.450. The summed E-state index contributed by atoms with van der Waals surface area (Å²) in [5.74, 6) is 2.27. The number of benzene rings is 3. The molecular formula is C40H50O10. The van der Waals surface area contributed by atoms with Crippen LogP contribution in [0.5, 0.6) is 28.7 Å². The third kappa shape index (κ3) is 14.5.